The minimum atomic E-state index is -0.474. The molecule has 0 saturated heterocycles. The molecular formula is C13H9BrClFN2O2. The molecular weight excluding hydrogens is 351 g/mol. The van der Waals surface area contributed by atoms with Gasteiger partial charge >= 0.3 is 0 Å². The van der Waals surface area contributed by atoms with Gasteiger partial charge in [-0.1, -0.05) is 27.5 Å². The van der Waals surface area contributed by atoms with E-state index >= 15 is 0 Å². The van der Waals surface area contributed by atoms with Crippen LogP contribution in [0.25, 0.3) is 0 Å². The molecule has 2 rings (SSSR count). The third-order valence-electron chi connectivity index (χ3n) is 2.65. The van der Waals surface area contributed by atoms with Gasteiger partial charge in [0, 0.05) is 28.2 Å². The fourth-order valence-electron chi connectivity index (χ4n) is 1.62. The molecule has 0 heterocycles. The van der Waals surface area contributed by atoms with Gasteiger partial charge in [0.2, 0.25) is 0 Å². The summed E-state index contributed by atoms with van der Waals surface area (Å²) in [6.45, 7) is 0.315. The molecule has 4 nitrogen and oxygen atoms in total. The number of benzene rings is 2. The van der Waals surface area contributed by atoms with Gasteiger partial charge in [-0.05, 0) is 29.8 Å². The number of nitrogens with zero attached hydrogens (tertiary/aromatic N) is 1. The summed E-state index contributed by atoms with van der Waals surface area (Å²) in [6, 6.07) is 8.63. The Labute approximate surface area is 127 Å². The fourth-order valence-corrected chi connectivity index (χ4v) is 2.30. The number of non-ortho nitro benzene ring substituents is 1. The van der Waals surface area contributed by atoms with Crippen LogP contribution in [0.3, 0.4) is 0 Å². The lowest BCUT2D eigenvalue weighted by molar-refractivity contribution is -0.384. The van der Waals surface area contributed by atoms with E-state index in [1.807, 2.05) is 0 Å². The highest BCUT2D eigenvalue weighted by Crippen LogP contribution is 2.25. The van der Waals surface area contributed by atoms with Crippen LogP contribution in [0.5, 0.6) is 0 Å². The van der Waals surface area contributed by atoms with Gasteiger partial charge in [0.1, 0.15) is 5.82 Å². The zero-order valence-corrected chi connectivity index (χ0v) is 12.4. The lowest BCUT2D eigenvalue weighted by Gasteiger charge is -2.09. The average Bonchev–Trinajstić information content (AvgIpc) is 2.40. The number of halogens is 3. The van der Waals surface area contributed by atoms with Crippen molar-refractivity contribution in [3.8, 4) is 0 Å². The standard InChI is InChI=1S/C13H9BrClFN2O2/c14-11-6-10(18(19)20)3-1-8(11)7-17-13-5-9(15)2-4-12(13)16/h1-6,17H,7H2. The molecule has 0 aliphatic carbocycles. The van der Waals surface area contributed by atoms with Crippen molar-refractivity contribution in [1.29, 1.82) is 0 Å². The van der Waals surface area contributed by atoms with Crippen LogP contribution in [0.15, 0.2) is 40.9 Å². The molecule has 0 radical (unpaired) electrons. The van der Waals surface area contributed by atoms with Gasteiger partial charge in [-0.25, -0.2) is 4.39 Å². The van der Waals surface area contributed by atoms with Crippen LogP contribution in [-0.4, -0.2) is 4.92 Å². The molecule has 0 aliphatic heterocycles. The quantitative estimate of drug-likeness (QED) is 0.632. The lowest BCUT2D eigenvalue weighted by atomic mass is 10.2. The van der Waals surface area contributed by atoms with Crippen LogP contribution in [-0.2, 0) is 6.54 Å². The van der Waals surface area contributed by atoms with Gasteiger partial charge in [0.15, 0.2) is 0 Å². The van der Waals surface area contributed by atoms with Gasteiger partial charge in [-0.2, -0.15) is 0 Å². The first-order chi connectivity index (χ1) is 9.47. The second-order valence-corrected chi connectivity index (χ2v) is 5.30. The number of nitro groups is 1. The Morgan fingerprint density at radius 1 is 1.30 bits per heavy atom. The Kier molecular flexibility index (Phi) is 4.57. The average molecular weight is 360 g/mol. The van der Waals surface area contributed by atoms with Crippen molar-refractivity contribution in [3.63, 3.8) is 0 Å². The first-order valence-electron chi connectivity index (χ1n) is 5.59. The second-order valence-electron chi connectivity index (χ2n) is 4.01. The van der Waals surface area contributed by atoms with Crippen LogP contribution in [0.2, 0.25) is 5.02 Å². The topological polar surface area (TPSA) is 55.2 Å². The van der Waals surface area contributed by atoms with Gasteiger partial charge in [-0.3, -0.25) is 10.1 Å². The Hall–Kier alpha value is -1.66. The van der Waals surface area contributed by atoms with Crippen molar-refractivity contribution in [2.45, 2.75) is 6.54 Å². The van der Waals surface area contributed by atoms with Gasteiger partial charge in [0.25, 0.3) is 5.69 Å². The SMILES string of the molecule is O=[N+]([O-])c1ccc(CNc2cc(Cl)ccc2F)c(Br)c1. The van der Waals surface area contributed by atoms with Crippen LogP contribution in [0.1, 0.15) is 5.56 Å². The van der Waals surface area contributed by atoms with E-state index in [0.29, 0.717) is 16.0 Å². The Morgan fingerprint density at radius 3 is 2.70 bits per heavy atom. The highest BCUT2D eigenvalue weighted by Gasteiger charge is 2.09. The van der Waals surface area contributed by atoms with E-state index in [9.17, 15) is 14.5 Å². The summed E-state index contributed by atoms with van der Waals surface area (Å²) in [4.78, 5) is 10.2. The molecule has 0 saturated carbocycles. The van der Waals surface area contributed by atoms with E-state index in [1.165, 1.54) is 30.3 Å². The van der Waals surface area contributed by atoms with E-state index in [1.54, 1.807) is 6.07 Å². The molecule has 0 amide bonds. The first-order valence-corrected chi connectivity index (χ1v) is 6.76. The van der Waals surface area contributed by atoms with Crippen molar-refractivity contribution < 1.29 is 9.31 Å². The smallest absolute Gasteiger partial charge is 0.270 e. The van der Waals surface area contributed by atoms with Gasteiger partial charge < -0.3 is 5.32 Å². The normalized spacial score (nSPS) is 10.3. The molecule has 0 aliphatic rings. The second kappa shape index (κ2) is 6.19. The summed E-state index contributed by atoms with van der Waals surface area (Å²) in [5.74, 6) is -0.410. The van der Waals surface area contributed by atoms with Crippen LogP contribution >= 0.6 is 27.5 Å². The van der Waals surface area contributed by atoms with Crippen molar-refractivity contribution >= 4 is 38.9 Å². The number of nitro benzene ring substituents is 1. The molecule has 1 N–H and O–H groups in total. The van der Waals surface area contributed by atoms with Crippen molar-refractivity contribution in [2.75, 3.05) is 5.32 Å². The van der Waals surface area contributed by atoms with E-state index in [2.05, 4.69) is 21.2 Å². The fraction of sp³-hybridized carbons (Fsp3) is 0.0769. The maximum Gasteiger partial charge on any atom is 0.270 e. The summed E-state index contributed by atoms with van der Waals surface area (Å²) in [5, 5.41) is 14.0. The number of rotatable bonds is 4. The van der Waals surface area contributed by atoms with Crippen molar-refractivity contribution in [2.24, 2.45) is 0 Å². The third kappa shape index (κ3) is 3.46. The molecule has 0 aromatic heterocycles. The van der Waals surface area contributed by atoms with Crippen LogP contribution in [0.4, 0.5) is 15.8 Å². The number of anilines is 1. The molecule has 0 atom stereocenters. The molecule has 7 heteroatoms. The Balaban J connectivity index is 2.15. The van der Waals surface area contributed by atoms with Crippen molar-refractivity contribution in [3.05, 3.63) is 67.4 Å². The molecule has 104 valence electrons. The molecule has 0 bridgehead atoms. The highest BCUT2D eigenvalue weighted by atomic mass is 79.9. The van der Waals surface area contributed by atoms with Crippen LogP contribution in [0, 0.1) is 15.9 Å². The Morgan fingerprint density at radius 2 is 2.05 bits per heavy atom. The lowest BCUT2D eigenvalue weighted by Crippen LogP contribution is -2.02. The summed E-state index contributed by atoms with van der Waals surface area (Å²) in [5.41, 5.74) is 1.05. The van der Waals surface area contributed by atoms with E-state index in [-0.39, 0.29) is 11.4 Å². The minimum Gasteiger partial charge on any atom is -0.379 e. The minimum absolute atomic E-state index is 0.00504. The number of nitrogens with one attached hydrogen (secondary N) is 1. The first kappa shape index (κ1) is 14.7. The summed E-state index contributed by atoms with van der Waals surface area (Å²) >= 11 is 9.05. The summed E-state index contributed by atoms with van der Waals surface area (Å²) in [6.07, 6.45) is 0. The maximum absolute atomic E-state index is 13.5. The zero-order chi connectivity index (χ0) is 14.7. The zero-order valence-electron chi connectivity index (χ0n) is 10.1. The van der Waals surface area contributed by atoms with E-state index in [4.69, 9.17) is 11.6 Å². The molecule has 20 heavy (non-hydrogen) atoms. The van der Waals surface area contributed by atoms with Crippen LogP contribution < -0.4 is 5.32 Å². The number of hydrogen-bond acceptors (Lipinski definition) is 3. The maximum atomic E-state index is 13.5. The van der Waals surface area contributed by atoms with Crippen molar-refractivity contribution in [1.82, 2.24) is 0 Å². The number of hydrogen-bond donors (Lipinski definition) is 1. The Bertz CT molecular complexity index is 667. The molecule has 0 unspecified atom stereocenters. The molecule has 0 spiro atoms. The largest absolute Gasteiger partial charge is 0.379 e. The third-order valence-corrected chi connectivity index (χ3v) is 3.62. The predicted octanol–water partition coefficient (Wildman–Crippen LogP) is 4.76. The van der Waals surface area contributed by atoms with E-state index < -0.39 is 10.7 Å². The monoisotopic (exact) mass is 358 g/mol. The van der Waals surface area contributed by atoms with Gasteiger partial charge in [-0.15, -0.1) is 0 Å². The summed E-state index contributed by atoms with van der Waals surface area (Å²) in [7, 11) is 0. The molecule has 2 aromatic rings. The molecule has 0 fully saturated rings. The summed E-state index contributed by atoms with van der Waals surface area (Å²) < 4.78 is 14.1. The van der Waals surface area contributed by atoms with Gasteiger partial charge in [0.05, 0.1) is 10.6 Å². The highest BCUT2D eigenvalue weighted by molar-refractivity contribution is 9.10. The molecule has 2 aromatic carbocycles. The predicted molar refractivity (Wildman–Crippen MR) is 79.5 cm³/mol. The van der Waals surface area contributed by atoms with E-state index in [0.717, 1.165) is 5.56 Å².